The van der Waals surface area contributed by atoms with E-state index in [1.165, 1.54) is 6.92 Å². The third kappa shape index (κ3) is 3.48. The fourth-order valence-electron chi connectivity index (χ4n) is 1.94. The highest BCUT2D eigenvalue weighted by Gasteiger charge is 2.27. The van der Waals surface area contributed by atoms with Gasteiger partial charge in [0.15, 0.2) is 0 Å². The first kappa shape index (κ1) is 13.0. The SMILES string of the molecule is CCC1CCNC(C(=O)N[C@@H](C)C(=O)O)C1. The molecule has 92 valence electrons. The van der Waals surface area contributed by atoms with Crippen molar-refractivity contribution < 1.29 is 14.7 Å². The van der Waals surface area contributed by atoms with Crippen LogP contribution in [-0.4, -0.2) is 35.6 Å². The zero-order chi connectivity index (χ0) is 12.1. The molecule has 1 heterocycles. The number of aliphatic carboxylic acids is 1. The average Bonchev–Trinajstić information content (AvgIpc) is 2.28. The van der Waals surface area contributed by atoms with E-state index in [0.29, 0.717) is 5.92 Å². The first-order chi connectivity index (χ1) is 7.54. The molecule has 0 aliphatic carbocycles. The van der Waals surface area contributed by atoms with E-state index in [-0.39, 0.29) is 11.9 Å². The molecule has 1 rings (SSSR count). The summed E-state index contributed by atoms with van der Waals surface area (Å²) < 4.78 is 0. The number of amides is 1. The third-order valence-electron chi connectivity index (χ3n) is 3.14. The summed E-state index contributed by atoms with van der Waals surface area (Å²) in [6.45, 7) is 4.42. The molecule has 5 heteroatoms. The molecule has 1 aliphatic heterocycles. The van der Waals surface area contributed by atoms with Gasteiger partial charge in [-0.15, -0.1) is 0 Å². The molecular formula is C11H20N2O3. The van der Waals surface area contributed by atoms with Gasteiger partial charge in [0.2, 0.25) is 5.91 Å². The second-order valence-corrected chi connectivity index (χ2v) is 4.37. The Labute approximate surface area is 95.6 Å². The van der Waals surface area contributed by atoms with E-state index in [2.05, 4.69) is 17.6 Å². The van der Waals surface area contributed by atoms with Gasteiger partial charge in [0.05, 0.1) is 6.04 Å². The van der Waals surface area contributed by atoms with Gasteiger partial charge in [0.1, 0.15) is 6.04 Å². The van der Waals surface area contributed by atoms with Crippen molar-refractivity contribution in [2.24, 2.45) is 5.92 Å². The molecule has 0 aromatic carbocycles. The van der Waals surface area contributed by atoms with Gasteiger partial charge in [0.25, 0.3) is 0 Å². The average molecular weight is 228 g/mol. The van der Waals surface area contributed by atoms with Gasteiger partial charge >= 0.3 is 5.97 Å². The first-order valence-electron chi connectivity index (χ1n) is 5.81. The van der Waals surface area contributed by atoms with Crippen molar-refractivity contribution >= 4 is 11.9 Å². The predicted molar refractivity (Wildman–Crippen MR) is 60.0 cm³/mol. The normalized spacial score (nSPS) is 27.1. The fraction of sp³-hybridized carbons (Fsp3) is 0.818. The van der Waals surface area contributed by atoms with Crippen LogP contribution in [0.1, 0.15) is 33.1 Å². The molecule has 0 spiro atoms. The summed E-state index contributed by atoms with van der Waals surface area (Å²) in [7, 11) is 0. The zero-order valence-electron chi connectivity index (χ0n) is 9.82. The van der Waals surface area contributed by atoms with Gasteiger partial charge in [-0.1, -0.05) is 13.3 Å². The highest BCUT2D eigenvalue weighted by Crippen LogP contribution is 2.19. The maximum atomic E-state index is 11.7. The highest BCUT2D eigenvalue weighted by atomic mass is 16.4. The number of hydrogen-bond acceptors (Lipinski definition) is 3. The molecule has 1 fully saturated rings. The van der Waals surface area contributed by atoms with Crippen LogP contribution >= 0.6 is 0 Å². The van der Waals surface area contributed by atoms with E-state index in [4.69, 9.17) is 5.11 Å². The standard InChI is InChI=1S/C11H20N2O3/c1-3-8-4-5-12-9(6-8)10(14)13-7(2)11(15)16/h7-9,12H,3-6H2,1-2H3,(H,13,14)(H,15,16)/t7-,8?,9?/m0/s1. The number of rotatable bonds is 4. The van der Waals surface area contributed by atoms with Crippen LogP contribution < -0.4 is 10.6 Å². The van der Waals surface area contributed by atoms with Crippen LogP contribution in [-0.2, 0) is 9.59 Å². The molecule has 2 unspecified atom stereocenters. The zero-order valence-corrected chi connectivity index (χ0v) is 9.82. The Kier molecular flexibility index (Phi) is 4.73. The lowest BCUT2D eigenvalue weighted by Gasteiger charge is -2.29. The number of hydrogen-bond donors (Lipinski definition) is 3. The van der Waals surface area contributed by atoms with Crippen molar-refractivity contribution in [3.63, 3.8) is 0 Å². The molecule has 1 amide bonds. The van der Waals surface area contributed by atoms with E-state index in [1.54, 1.807) is 0 Å². The summed E-state index contributed by atoms with van der Waals surface area (Å²) in [5, 5.41) is 14.3. The molecule has 0 saturated carbocycles. The van der Waals surface area contributed by atoms with Crippen LogP contribution in [0.3, 0.4) is 0 Å². The van der Waals surface area contributed by atoms with Crippen LogP contribution in [0.4, 0.5) is 0 Å². The number of carbonyl (C=O) groups excluding carboxylic acids is 1. The minimum Gasteiger partial charge on any atom is -0.480 e. The lowest BCUT2D eigenvalue weighted by molar-refractivity contribution is -0.141. The predicted octanol–water partition coefficient (Wildman–Crippen LogP) is 0.354. The first-order valence-corrected chi connectivity index (χ1v) is 5.81. The molecule has 0 radical (unpaired) electrons. The van der Waals surface area contributed by atoms with Crippen LogP contribution in [0.5, 0.6) is 0 Å². The van der Waals surface area contributed by atoms with Gasteiger partial charge in [-0.25, -0.2) is 0 Å². The number of carboxylic acid groups (broad SMARTS) is 1. The van der Waals surface area contributed by atoms with E-state index in [0.717, 1.165) is 25.8 Å². The topological polar surface area (TPSA) is 78.4 Å². The second-order valence-electron chi connectivity index (χ2n) is 4.37. The lowest BCUT2D eigenvalue weighted by atomic mass is 9.90. The van der Waals surface area contributed by atoms with Crippen LogP contribution in [0.25, 0.3) is 0 Å². The quantitative estimate of drug-likeness (QED) is 0.649. The smallest absolute Gasteiger partial charge is 0.325 e. The van der Waals surface area contributed by atoms with E-state index in [1.807, 2.05) is 0 Å². The van der Waals surface area contributed by atoms with E-state index < -0.39 is 12.0 Å². The van der Waals surface area contributed by atoms with Crippen LogP contribution in [0, 0.1) is 5.92 Å². The Morgan fingerprint density at radius 2 is 2.25 bits per heavy atom. The molecule has 16 heavy (non-hydrogen) atoms. The molecule has 0 bridgehead atoms. The van der Waals surface area contributed by atoms with E-state index in [9.17, 15) is 9.59 Å². The lowest BCUT2D eigenvalue weighted by Crippen LogP contribution is -2.52. The van der Waals surface area contributed by atoms with Crippen molar-refractivity contribution in [3.8, 4) is 0 Å². The van der Waals surface area contributed by atoms with Crippen molar-refractivity contribution in [1.29, 1.82) is 0 Å². The number of carboxylic acids is 1. The summed E-state index contributed by atoms with van der Waals surface area (Å²) in [5.74, 6) is -0.638. The Hall–Kier alpha value is -1.10. The molecule has 0 aromatic rings. The minimum absolute atomic E-state index is 0.201. The number of carbonyl (C=O) groups is 2. The summed E-state index contributed by atoms with van der Waals surface area (Å²) in [4.78, 5) is 22.3. The Morgan fingerprint density at radius 1 is 1.56 bits per heavy atom. The van der Waals surface area contributed by atoms with Crippen molar-refractivity contribution in [2.75, 3.05) is 6.54 Å². The maximum Gasteiger partial charge on any atom is 0.325 e. The fourth-order valence-corrected chi connectivity index (χ4v) is 1.94. The van der Waals surface area contributed by atoms with Crippen LogP contribution in [0.2, 0.25) is 0 Å². The van der Waals surface area contributed by atoms with Gasteiger partial charge in [-0.05, 0) is 32.2 Å². The molecule has 3 N–H and O–H groups in total. The molecule has 5 nitrogen and oxygen atoms in total. The van der Waals surface area contributed by atoms with Gasteiger partial charge in [-0.2, -0.15) is 0 Å². The summed E-state index contributed by atoms with van der Waals surface area (Å²) >= 11 is 0. The summed E-state index contributed by atoms with van der Waals surface area (Å²) in [5.41, 5.74) is 0. The Morgan fingerprint density at radius 3 is 2.81 bits per heavy atom. The second kappa shape index (κ2) is 5.84. The molecule has 1 aliphatic rings. The van der Waals surface area contributed by atoms with Gasteiger partial charge in [0, 0.05) is 0 Å². The van der Waals surface area contributed by atoms with E-state index >= 15 is 0 Å². The number of piperidine rings is 1. The Bertz CT molecular complexity index is 268. The third-order valence-corrected chi connectivity index (χ3v) is 3.14. The maximum absolute atomic E-state index is 11.7. The van der Waals surface area contributed by atoms with Crippen molar-refractivity contribution in [2.45, 2.75) is 45.2 Å². The molecule has 0 aromatic heterocycles. The monoisotopic (exact) mass is 228 g/mol. The van der Waals surface area contributed by atoms with Crippen molar-refractivity contribution in [3.05, 3.63) is 0 Å². The van der Waals surface area contributed by atoms with Crippen LogP contribution in [0.15, 0.2) is 0 Å². The van der Waals surface area contributed by atoms with Crippen molar-refractivity contribution in [1.82, 2.24) is 10.6 Å². The molecule has 3 atom stereocenters. The minimum atomic E-state index is -1.00. The van der Waals surface area contributed by atoms with Gasteiger partial charge in [-0.3, -0.25) is 9.59 Å². The largest absolute Gasteiger partial charge is 0.480 e. The van der Waals surface area contributed by atoms with Gasteiger partial charge < -0.3 is 15.7 Å². The number of nitrogens with one attached hydrogen (secondary N) is 2. The summed E-state index contributed by atoms with van der Waals surface area (Å²) in [6, 6.07) is -1.06. The Balaban J connectivity index is 2.44. The highest BCUT2D eigenvalue weighted by molar-refractivity contribution is 5.86. The summed E-state index contributed by atoms with van der Waals surface area (Å²) in [6.07, 6.45) is 2.96. The molecule has 1 saturated heterocycles. The molecular weight excluding hydrogens is 208 g/mol.